The molecule has 1 saturated heterocycles. The summed E-state index contributed by atoms with van der Waals surface area (Å²) in [6.45, 7) is 2.72. The number of rotatable bonds is 2. The van der Waals surface area contributed by atoms with E-state index in [4.69, 9.17) is 5.73 Å². The van der Waals surface area contributed by atoms with Gasteiger partial charge in [0.1, 0.15) is 0 Å². The lowest BCUT2D eigenvalue weighted by Crippen LogP contribution is -2.40. The lowest BCUT2D eigenvalue weighted by atomic mass is 10.0. The Morgan fingerprint density at radius 1 is 1.71 bits per heavy atom. The summed E-state index contributed by atoms with van der Waals surface area (Å²) >= 11 is 0. The van der Waals surface area contributed by atoms with Gasteiger partial charge >= 0.3 is 0 Å². The minimum atomic E-state index is -0.117. The van der Waals surface area contributed by atoms with Crippen LogP contribution >= 0.6 is 0 Å². The van der Waals surface area contributed by atoms with E-state index in [0.29, 0.717) is 23.7 Å². The highest BCUT2D eigenvalue weighted by Crippen LogP contribution is 2.26. The minimum absolute atomic E-state index is 0.00209. The van der Waals surface area contributed by atoms with Gasteiger partial charge in [-0.15, -0.1) is 0 Å². The topological polar surface area (TPSA) is 79.5 Å². The second kappa shape index (κ2) is 4.71. The predicted octanol–water partition coefficient (Wildman–Crippen LogP) is 0.507. The molecule has 1 amide bonds. The molecular weight excluding hydrogens is 218 g/mol. The summed E-state index contributed by atoms with van der Waals surface area (Å²) < 4.78 is 0. The van der Waals surface area contributed by atoms with Crippen molar-refractivity contribution in [3.05, 3.63) is 24.0 Å². The number of amides is 1. The normalized spacial score (nSPS) is 24.0. The van der Waals surface area contributed by atoms with E-state index in [1.54, 1.807) is 17.2 Å². The van der Waals surface area contributed by atoms with Gasteiger partial charge in [0.15, 0.2) is 0 Å². The van der Waals surface area contributed by atoms with E-state index in [0.717, 1.165) is 6.42 Å². The Labute approximate surface area is 100 Å². The molecule has 5 nitrogen and oxygen atoms in total. The monoisotopic (exact) mass is 235 g/mol. The van der Waals surface area contributed by atoms with Gasteiger partial charge in [0, 0.05) is 12.7 Å². The standard InChI is InChI=1S/C12H17N3O2/c1-8-3-5-15(11(8)7-16)12(17)9-2-4-14-6-10(9)13/h2,4,6,8,11,16H,3,5,7,13H2,1H3. The molecule has 1 aromatic rings. The summed E-state index contributed by atoms with van der Waals surface area (Å²) in [4.78, 5) is 17.9. The van der Waals surface area contributed by atoms with Crippen LogP contribution in [0.15, 0.2) is 18.5 Å². The molecular formula is C12H17N3O2. The average Bonchev–Trinajstić information content (AvgIpc) is 2.70. The number of nitrogen functional groups attached to an aromatic ring is 1. The molecule has 0 saturated carbocycles. The second-order valence-corrected chi connectivity index (χ2v) is 4.48. The molecule has 1 fully saturated rings. The number of carbonyl (C=O) groups is 1. The molecule has 0 radical (unpaired) electrons. The van der Waals surface area contributed by atoms with Crippen LogP contribution in [0.3, 0.4) is 0 Å². The van der Waals surface area contributed by atoms with Crippen LogP contribution in [0, 0.1) is 5.92 Å². The van der Waals surface area contributed by atoms with Gasteiger partial charge < -0.3 is 15.7 Å². The molecule has 2 unspecified atom stereocenters. The van der Waals surface area contributed by atoms with Crippen LogP contribution in [0.25, 0.3) is 0 Å². The van der Waals surface area contributed by atoms with Crippen molar-refractivity contribution >= 4 is 11.6 Å². The highest BCUT2D eigenvalue weighted by Gasteiger charge is 2.34. The Balaban J connectivity index is 2.24. The van der Waals surface area contributed by atoms with Gasteiger partial charge in [-0.1, -0.05) is 6.92 Å². The molecule has 0 aliphatic carbocycles. The molecule has 1 aliphatic heterocycles. The third kappa shape index (κ3) is 2.10. The first-order valence-electron chi connectivity index (χ1n) is 5.76. The number of hydrogen-bond acceptors (Lipinski definition) is 4. The van der Waals surface area contributed by atoms with E-state index in [1.807, 2.05) is 6.92 Å². The second-order valence-electron chi connectivity index (χ2n) is 4.48. The van der Waals surface area contributed by atoms with E-state index in [-0.39, 0.29) is 18.6 Å². The molecule has 0 spiro atoms. The van der Waals surface area contributed by atoms with Crippen LogP contribution in [0.2, 0.25) is 0 Å². The molecule has 0 aromatic carbocycles. The van der Waals surface area contributed by atoms with Crippen molar-refractivity contribution in [3.8, 4) is 0 Å². The maximum Gasteiger partial charge on any atom is 0.256 e. The van der Waals surface area contributed by atoms with E-state index in [2.05, 4.69) is 4.98 Å². The van der Waals surface area contributed by atoms with Crippen molar-refractivity contribution in [2.24, 2.45) is 5.92 Å². The zero-order chi connectivity index (χ0) is 12.4. The molecule has 1 aliphatic rings. The summed E-state index contributed by atoms with van der Waals surface area (Å²) in [7, 11) is 0. The summed E-state index contributed by atoms with van der Waals surface area (Å²) in [5.41, 5.74) is 6.59. The van der Waals surface area contributed by atoms with Gasteiger partial charge in [0.25, 0.3) is 5.91 Å². The Morgan fingerprint density at radius 2 is 2.47 bits per heavy atom. The Kier molecular flexibility index (Phi) is 3.28. The zero-order valence-corrected chi connectivity index (χ0v) is 9.84. The van der Waals surface area contributed by atoms with Gasteiger partial charge in [-0.2, -0.15) is 0 Å². The molecule has 92 valence electrons. The van der Waals surface area contributed by atoms with Crippen molar-refractivity contribution in [3.63, 3.8) is 0 Å². The summed E-state index contributed by atoms with van der Waals surface area (Å²) in [5.74, 6) is 0.209. The lowest BCUT2D eigenvalue weighted by Gasteiger charge is -2.25. The number of likely N-dealkylation sites (tertiary alicyclic amines) is 1. The summed E-state index contributed by atoms with van der Waals surface area (Å²) in [6.07, 6.45) is 3.94. The fraction of sp³-hybridized carbons (Fsp3) is 0.500. The van der Waals surface area contributed by atoms with Crippen LogP contribution < -0.4 is 5.73 Å². The van der Waals surface area contributed by atoms with Gasteiger partial charge in [0.2, 0.25) is 0 Å². The Hall–Kier alpha value is -1.62. The van der Waals surface area contributed by atoms with E-state index in [1.165, 1.54) is 6.20 Å². The van der Waals surface area contributed by atoms with Gasteiger partial charge in [-0.25, -0.2) is 0 Å². The number of aromatic nitrogens is 1. The maximum absolute atomic E-state index is 12.3. The number of nitrogens with two attached hydrogens (primary N) is 1. The van der Waals surface area contributed by atoms with Crippen molar-refractivity contribution in [1.29, 1.82) is 0 Å². The molecule has 5 heteroatoms. The van der Waals surface area contributed by atoms with Crippen LogP contribution in [0.1, 0.15) is 23.7 Å². The van der Waals surface area contributed by atoms with E-state index < -0.39 is 0 Å². The Bertz CT molecular complexity index is 422. The van der Waals surface area contributed by atoms with Crippen LogP contribution in [-0.4, -0.2) is 40.1 Å². The highest BCUT2D eigenvalue weighted by molar-refractivity contribution is 5.99. The van der Waals surface area contributed by atoms with Crippen LogP contribution in [-0.2, 0) is 0 Å². The van der Waals surface area contributed by atoms with Crippen molar-refractivity contribution < 1.29 is 9.90 Å². The summed E-state index contributed by atoms with van der Waals surface area (Å²) in [5, 5.41) is 9.33. The van der Waals surface area contributed by atoms with Gasteiger partial charge in [-0.05, 0) is 18.4 Å². The number of aliphatic hydroxyl groups excluding tert-OH is 1. The molecule has 2 atom stereocenters. The van der Waals surface area contributed by atoms with Gasteiger partial charge in [-0.3, -0.25) is 9.78 Å². The average molecular weight is 235 g/mol. The fourth-order valence-corrected chi connectivity index (χ4v) is 2.29. The SMILES string of the molecule is CC1CCN(C(=O)c2ccncc2N)C1CO. The van der Waals surface area contributed by atoms with E-state index >= 15 is 0 Å². The smallest absolute Gasteiger partial charge is 0.256 e. The summed E-state index contributed by atoms with van der Waals surface area (Å²) in [6, 6.07) is 1.52. The molecule has 2 heterocycles. The zero-order valence-electron chi connectivity index (χ0n) is 9.84. The fourth-order valence-electron chi connectivity index (χ4n) is 2.29. The number of pyridine rings is 1. The molecule has 2 rings (SSSR count). The molecule has 17 heavy (non-hydrogen) atoms. The first-order chi connectivity index (χ1) is 8.15. The van der Waals surface area contributed by atoms with Crippen LogP contribution in [0.5, 0.6) is 0 Å². The first kappa shape index (κ1) is 11.9. The number of hydrogen-bond donors (Lipinski definition) is 2. The van der Waals surface area contributed by atoms with E-state index in [9.17, 15) is 9.90 Å². The predicted molar refractivity (Wildman–Crippen MR) is 64.3 cm³/mol. The quantitative estimate of drug-likeness (QED) is 0.782. The molecule has 3 N–H and O–H groups in total. The van der Waals surface area contributed by atoms with Crippen molar-refractivity contribution in [1.82, 2.24) is 9.88 Å². The first-order valence-corrected chi connectivity index (χ1v) is 5.76. The third-order valence-corrected chi connectivity index (χ3v) is 3.41. The largest absolute Gasteiger partial charge is 0.397 e. The number of nitrogens with zero attached hydrogens (tertiary/aromatic N) is 2. The maximum atomic E-state index is 12.3. The number of carbonyl (C=O) groups excluding carboxylic acids is 1. The molecule has 1 aromatic heterocycles. The lowest BCUT2D eigenvalue weighted by molar-refractivity contribution is 0.0649. The van der Waals surface area contributed by atoms with Crippen molar-refractivity contribution in [2.45, 2.75) is 19.4 Å². The number of anilines is 1. The Morgan fingerprint density at radius 3 is 3.12 bits per heavy atom. The van der Waals surface area contributed by atoms with Crippen LogP contribution in [0.4, 0.5) is 5.69 Å². The third-order valence-electron chi connectivity index (χ3n) is 3.41. The van der Waals surface area contributed by atoms with Crippen molar-refractivity contribution in [2.75, 3.05) is 18.9 Å². The number of aliphatic hydroxyl groups is 1. The highest BCUT2D eigenvalue weighted by atomic mass is 16.3. The van der Waals surface area contributed by atoms with Gasteiger partial charge in [0.05, 0.1) is 30.1 Å². The minimum Gasteiger partial charge on any atom is -0.397 e. The molecule has 0 bridgehead atoms.